The van der Waals surface area contributed by atoms with Gasteiger partial charge in [0.25, 0.3) is 0 Å². The SMILES string of the molecule is CC1CCC(CC(C)(O)c2ccccn2)N1. The Morgan fingerprint density at radius 2 is 2.31 bits per heavy atom. The first-order valence-electron chi connectivity index (χ1n) is 5.98. The van der Waals surface area contributed by atoms with E-state index in [-0.39, 0.29) is 0 Å². The molecule has 3 unspecified atom stereocenters. The van der Waals surface area contributed by atoms with Crippen LogP contribution >= 0.6 is 0 Å². The van der Waals surface area contributed by atoms with E-state index in [0.29, 0.717) is 12.1 Å². The molecule has 2 rings (SSSR count). The topological polar surface area (TPSA) is 45.2 Å². The fourth-order valence-electron chi connectivity index (χ4n) is 2.45. The van der Waals surface area contributed by atoms with Crippen molar-refractivity contribution in [3.8, 4) is 0 Å². The smallest absolute Gasteiger partial charge is 0.105 e. The monoisotopic (exact) mass is 220 g/mol. The highest BCUT2D eigenvalue weighted by Gasteiger charge is 2.31. The highest BCUT2D eigenvalue weighted by Crippen LogP contribution is 2.27. The van der Waals surface area contributed by atoms with E-state index in [1.165, 1.54) is 6.42 Å². The molecule has 3 heteroatoms. The number of nitrogens with zero attached hydrogens (tertiary/aromatic N) is 1. The van der Waals surface area contributed by atoms with Crippen LogP contribution in [0.4, 0.5) is 0 Å². The molecule has 2 N–H and O–H groups in total. The third-order valence-electron chi connectivity index (χ3n) is 3.33. The Kier molecular flexibility index (Phi) is 3.26. The summed E-state index contributed by atoms with van der Waals surface area (Å²) in [5, 5.41) is 13.9. The van der Waals surface area contributed by atoms with Crippen molar-refractivity contribution < 1.29 is 5.11 Å². The van der Waals surface area contributed by atoms with Gasteiger partial charge in [0.05, 0.1) is 5.69 Å². The van der Waals surface area contributed by atoms with Crippen LogP contribution in [0.15, 0.2) is 24.4 Å². The van der Waals surface area contributed by atoms with E-state index < -0.39 is 5.60 Å². The van der Waals surface area contributed by atoms with Crippen LogP contribution < -0.4 is 5.32 Å². The Hall–Kier alpha value is -0.930. The molecular formula is C13H20N2O. The number of hydrogen-bond acceptors (Lipinski definition) is 3. The van der Waals surface area contributed by atoms with Gasteiger partial charge in [0, 0.05) is 18.3 Å². The zero-order valence-electron chi connectivity index (χ0n) is 9.98. The molecular weight excluding hydrogens is 200 g/mol. The molecule has 88 valence electrons. The number of pyridine rings is 1. The average molecular weight is 220 g/mol. The van der Waals surface area contributed by atoms with Gasteiger partial charge in [-0.05, 0) is 45.2 Å². The van der Waals surface area contributed by atoms with Gasteiger partial charge in [-0.15, -0.1) is 0 Å². The summed E-state index contributed by atoms with van der Waals surface area (Å²) >= 11 is 0. The van der Waals surface area contributed by atoms with Crippen molar-refractivity contribution in [3.63, 3.8) is 0 Å². The maximum absolute atomic E-state index is 10.4. The first-order valence-corrected chi connectivity index (χ1v) is 5.98. The minimum absolute atomic E-state index is 0.409. The molecule has 1 aromatic rings. The van der Waals surface area contributed by atoms with E-state index in [4.69, 9.17) is 0 Å². The van der Waals surface area contributed by atoms with Gasteiger partial charge in [-0.25, -0.2) is 0 Å². The lowest BCUT2D eigenvalue weighted by Crippen LogP contribution is -2.35. The number of rotatable bonds is 3. The Bertz CT molecular complexity index is 337. The molecule has 0 aliphatic carbocycles. The summed E-state index contributed by atoms with van der Waals surface area (Å²) in [5.74, 6) is 0. The molecule has 3 atom stereocenters. The van der Waals surface area contributed by atoms with E-state index in [1.807, 2.05) is 25.1 Å². The average Bonchev–Trinajstić information content (AvgIpc) is 2.64. The van der Waals surface area contributed by atoms with Crippen LogP contribution in [-0.4, -0.2) is 22.2 Å². The van der Waals surface area contributed by atoms with Crippen LogP contribution in [0.3, 0.4) is 0 Å². The van der Waals surface area contributed by atoms with Crippen LogP contribution in [0.2, 0.25) is 0 Å². The van der Waals surface area contributed by atoms with Gasteiger partial charge >= 0.3 is 0 Å². The van der Waals surface area contributed by atoms with Crippen molar-refractivity contribution in [1.82, 2.24) is 10.3 Å². The zero-order valence-corrected chi connectivity index (χ0v) is 9.98. The van der Waals surface area contributed by atoms with E-state index in [0.717, 1.165) is 18.5 Å². The first-order chi connectivity index (χ1) is 7.58. The maximum atomic E-state index is 10.4. The summed E-state index contributed by atoms with van der Waals surface area (Å²) in [5.41, 5.74) is -0.0699. The fourth-order valence-corrected chi connectivity index (χ4v) is 2.45. The van der Waals surface area contributed by atoms with Gasteiger partial charge < -0.3 is 10.4 Å². The van der Waals surface area contributed by atoms with Crippen molar-refractivity contribution in [2.45, 2.75) is 50.8 Å². The minimum atomic E-state index is -0.830. The normalized spacial score (nSPS) is 28.9. The number of nitrogens with one attached hydrogen (secondary N) is 1. The second-order valence-electron chi connectivity index (χ2n) is 5.03. The molecule has 1 aliphatic rings. The molecule has 0 bridgehead atoms. The number of aromatic nitrogens is 1. The van der Waals surface area contributed by atoms with Gasteiger partial charge in [-0.3, -0.25) is 4.98 Å². The number of aliphatic hydroxyl groups is 1. The third kappa shape index (κ3) is 2.60. The van der Waals surface area contributed by atoms with E-state index in [2.05, 4.69) is 17.2 Å². The maximum Gasteiger partial charge on any atom is 0.105 e. The van der Waals surface area contributed by atoms with Gasteiger partial charge in [-0.1, -0.05) is 6.07 Å². The fraction of sp³-hybridized carbons (Fsp3) is 0.615. The molecule has 1 saturated heterocycles. The van der Waals surface area contributed by atoms with Crippen molar-refractivity contribution in [1.29, 1.82) is 0 Å². The predicted octanol–water partition coefficient (Wildman–Crippen LogP) is 1.82. The summed E-state index contributed by atoms with van der Waals surface area (Å²) < 4.78 is 0. The van der Waals surface area contributed by atoms with Crippen LogP contribution in [0.1, 0.15) is 38.8 Å². The van der Waals surface area contributed by atoms with Gasteiger partial charge in [0.1, 0.15) is 5.60 Å². The molecule has 3 nitrogen and oxygen atoms in total. The predicted molar refractivity (Wildman–Crippen MR) is 64.0 cm³/mol. The summed E-state index contributed by atoms with van der Waals surface area (Å²) in [7, 11) is 0. The highest BCUT2D eigenvalue weighted by molar-refractivity contribution is 5.12. The standard InChI is InChI=1S/C13H20N2O/c1-10-6-7-11(15-10)9-13(2,16)12-5-3-4-8-14-12/h3-5,8,10-11,15-16H,6-7,9H2,1-2H3. The second-order valence-corrected chi connectivity index (χ2v) is 5.03. The lowest BCUT2D eigenvalue weighted by molar-refractivity contribution is 0.0338. The first kappa shape index (κ1) is 11.6. The highest BCUT2D eigenvalue weighted by atomic mass is 16.3. The Morgan fingerprint density at radius 1 is 1.50 bits per heavy atom. The summed E-state index contributed by atoms with van der Waals surface area (Å²) in [4.78, 5) is 4.23. The van der Waals surface area contributed by atoms with Crippen LogP contribution in [0.25, 0.3) is 0 Å². The molecule has 0 radical (unpaired) electrons. The number of hydrogen-bond donors (Lipinski definition) is 2. The van der Waals surface area contributed by atoms with Crippen LogP contribution in [0.5, 0.6) is 0 Å². The molecule has 0 saturated carbocycles. The largest absolute Gasteiger partial charge is 0.384 e. The summed E-state index contributed by atoms with van der Waals surface area (Å²) in [6.45, 7) is 4.04. The van der Waals surface area contributed by atoms with Crippen LogP contribution in [-0.2, 0) is 5.60 Å². The molecule has 16 heavy (non-hydrogen) atoms. The lowest BCUT2D eigenvalue weighted by Gasteiger charge is -2.26. The lowest BCUT2D eigenvalue weighted by atomic mass is 9.92. The molecule has 1 aromatic heterocycles. The Labute approximate surface area is 96.9 Å². The quantitative estimate of drug-likeness (QED) is 0.816. The van der Waals surface area contributed by atoms with Gasteiger partial charge in [-0.2, -0.15) is 0 Å². The van der Waals surface area contributed by atoms with E-state index in [1.54, 1.807) is 6.20 Å². The van der Waals surface area contributed by atoms with Gasteiger partial charge in [0.2, 0.25) is 0 Å². The van der Waals surface area contributed by atoms with E-state index >= 15 is 0 Å². The summed E-state index contributed by atoms with van der Waals surface area (Å²) in [6.07, 6.45) is 4.80. The minimum Gasteiger partial charge on any atom is -0.384 e. The summed E-state index contributed by atoms with van der Waals surface area (Å²) in [6, 6.07) is 6.66. The van der Waals surface area contributed by atoms with Crippen molar-refractivity contribution in [2.75, 3.05) is 0 Å². The zero-order chi connectivity index (χ0) is 11.6. The van der Waals surface area contributed by atoms with Crippen molar-refractivity contribution in [3.05, 3.63) is 30.1 Å². The van der Waals surface area contributed by atoms with Crippen LogP contribution in [0, 0.1) is 0 Å². The third-order valence-corrected chi connectivity index (χ3v) is 3.33. The van der Waals surface area contributed by atoms with Crippen molar-refractivity contribution >= 4 is 0 Å². The van der Waals surface area contributed by atoms with Gasteiger partial charge in [0.15, 0.2) is 0 Å². The molecule has 1 aliphatic heterocycles. The molecule has 0 amide bonds. The molecule has 1 fully saturated rings. The Morgan fingerprint density at radius 3 is 2.88 bits per heavy atom. The molecule has 0 aromatic carbocycles. The molecule has 2 heterocycles. The Balaban J connectivity index is 2.03. The van der Waals surface area contributed by atoms with Crippen molar-refractivity contribution in [2.24, 2.45) is 0 Å². The van der Waals surface area contributed by atoms with E-state index in [9.17, 15) is 5.11 Å². The molecule has 0 spiro atoms. The second kappa shape index (κ2) is 4.52.